The third kappa shape index (κ3) is 4.91. The number of aliphatic hydroxyl groups excluding tert-OH is 1. The van der Waals surface area contributed by atoms with Gasteiger partial charge in [-0.1, -0.05) is 0 Å². The van der Waals surface area contributed by atoms with E-state index < -0.39 is 5.60 Å². The molecule has 1 unspecified atom stereocenters. The number of hydrogen-bond donors (Lipinski definition) is 2. The molecular weight excluding hydrogens is 220 g/mol. The molecule has 1 rings (SSSR count). The van der Waals surface area contributed by atoms with E-state index in [1.54, 1.807) is 4.90 Å². The fourth-order valence-electron chi connectivity index (χ4n) is 1.91. The Morgan fingerprint density at radius 3 is 2.82 bits per heavy atom. The first-order valence-electron chi connectivity index (χ1n) is 6.25. The number of rotatable bonds is 3. The quantitative estimate of drug-likeness (QED) is 0.776. The Balaban J connectivity index is 2.54. The Morgan fingerprint density at radius 1 is 1.53 bits per heavy atom. The van der Waals surface area contributed by atoms with Gasteiger partial charge in [0.15, 0.2) is 0 Å². The largest absolute Gasteiger partial charge is 0.444 e. The Hall–Kier alpha value is -0.810. The van der Waals surface area contributed by atoms with Gasteiger partial charge in [0.2, 0.25) is 0 Å². The minimum absolute atomic E-state index is 0.130. The molecule has 1 heterocycles. The van der Waals surface area contributed by atoms with Crippen LogP contribution in [0.15, 0.2) is 0 Å². The van der Waals surface area contributed by atoms with Gasteiger partial charge in [-0.15, -0.1) is 0 Å². The molecule has 1 saturated heterocycles. The van der Waals surface area contributed by atoms with E-state index in [9.17, 15) is 4.79 Å². The monoisotopic (exact) mass is 244 g/mol. The van der Waals surface area contributed by atoms with Crippen molar-refractivity contribution in [2.24, 2.45) is 0 Å². The first-order chi connectivity index (χ1) is 7.94. The lowest BCUT2D eigenvalue weighted by atomic mass is 10.1. The molecule has 2 N–H and O–H groups in total. The van der Waals surface area contributed by atoms with Crippen LogP contribution in [0.5, 0.6) is 0 Å². The maximum absolute atomic E-state index is 12.0. The minimum Gasteiger partial charge on any atom is -0.444 e. The van der Waals surface area contributed by atoms with Crippen molar-refractivity contribution in [1.82, 2.24) is 10.2 Å². The summed E-state index contributed by atoms with van der Waals surface area (Å²) in [5.41, 5.74) is -0.455. The summed E-state index contributed by atoms with van der Waals surface area (Å²) in [6, 6.07) is 0.130. The van der Waals surface area contributed by atoms with Crippen molar-refractivity contribution in [3.05, 3.63) is 0 Å². The standard InChI is InChI=1S/C12H24N2O3/c1-12(2,3)17-11(16)14-7-6-13-9-10(14)5-4-8-15/h10,13,15H,4-9H2,1-3H3. The average Bonchev–Trinajstić information content (AvgIpc) is 2.24. The van der Waals surface area contributed by atoms with E-state index in [0.29, 0.717) is 13.0 Å². The van der Waals surface area contributed by atoms with E-state index in [0.717, 1.165) is 19.5 Å². The summed E-state index contributed by atoms with van der Waals surface area (Å²) in [5.74, 6) is 0. The number of hydrogen-bond acceptors (Lipinski definition) is 4. The maximum Gasteiger partial charge on any atom is 0.410 e. The third-order valence-electron chi connectivity index (χ3n) is 2.67. The summed E-state index contributed by atoms with van der Waals surface area (Å²) >= 11 is 0. The first-order valence-corrected chi connectivity index (χ1v) is 6.25. The number of ether oxygens (including phenoxy) is 1. The van der Waals surface area contributed by atoms with Crippen LogP contribution in [-0.4, -0.2) is 54.0 Å². The summed E-state index contributed by atoms with van der Waals surface area (Å²) in [7, 11) is 0. The number of carbonyl (C=O) groups excluding carboxylic acids is 1. The van der Waals surface area contributed by atoms with Gasteiger partial charge in [-0.05, 0) is 33.6 Å². The molecule has 1 fully saturated rings. The molecule has 0 aromatic rings. The third-order valence-corrected chi connectivity index (χ3v) is 2.67. The lowest BCUT2D eigenvalue weighted by Crippen LogP contribution is -2.54. The molecule has 17 heavy (non-hydrogen) atoms. The molecule has 1 atom stereocenters. The molecule has 0 radical (unpaired) electrons. The molecule has 1 aliphatic heterocycles. The van der Waals surface area contributed by atoms with Crippen molar-refractivity contribution < 1.29 is 14.6 Å². The van der Waals surface area contributed by atoms with Gasteiger partial charge < -0.3 is 20.1 Å². The Bertz CT molecular complexity index is 251. The molecule has 5 heteroatoms. The second-order valence-corrected chi connectivity index (χ2v) is 5.40. The molecular formula is C12H24N2O3. The van der Waals surface area contributed by atoms with E-state index in [1.165, 1.54) is 0 Å². The topological polar surface area (TPSA) is 61.8 Å². The van der Waals surface area contributed by atoms with Gasteiger partial charge in [0.25, 0.3) is 0 Å². The number of amides is 1. The van der Waals surface area contributed by atoms with E-state index in [4.69, 9.17) is 9.84 Å². The van der Waals surface area contributed by atoms with Crippen molar-refractivity contribution in [3.8, 4) is 0 Å². The van der Waals surface area contributed by atoms with Gasteiger partial charge >= 0.3 is 6.09 Å². The van der Waals surface area contributed by atoms with Gasteiger partial charge in [0.1, 0.15) is 5.60 Å². The highest BCUT2D eigenvalue weighted by Gasteiger charge is 2.29. The van der Waals surface area contributed by atoms with Crippen LogP contribution in [-0.2, 0) is 4.74 Å². The van der Waals surface area contributed by atoms with Crippen LogP contribution < -0.4 is 5.32 Å². The SMILES string of the molecule is CC(C)(C)OC(=O)N1CCNCC1CCCO. The predicted octanol–water partition coefficient (Wildman–Crippen LogP) is 0.968. The van der Waals surface area contributed by atoms with Crippen molar-refractivity contribution >= 4 is 6.09 Å². The van der Waals surface area contributed by atoms with E-state index in [2.05, 4.69) is 5.32 Å². The number of nitrogens with zero attached hydrogens (tertiary/aromatic N) is 1. The molecule has 0 aliphatic carbocycles. The Kier molecular flexibility index (Phi) is 5.21. The number of aliphatic hydroxyl groups is 1. The van der Waals surface area contributed by atoms with E-state index in [-0.39, 0.29) is 18.7 Å². The zero-order chi connectivity index (χ0) is 12.9. The average molecular weight is 244 g/mol. The first kappa shape index (κ1) is 14.3. The van der Waals surface area contributed by atoms with Crippen LogP contribution in [0, 0.1) is 0 Å². The zero-order valence-corrected chi connectivity index (χ0v) is 11.0. The molecule has 5 nitrogen and oxygen atoms in total. The van der Waals surface area contributed by atoms with Gasteiger partial charge in [0, 0.05) is 32.3 Å². The lowest BCUT2D eigenvalue weighted by Gasteiger charge is -2.37. The normalized spacial score (nSPS) is 21.4. The molecule has 100 valence electrons. The summed E-state index contributed by atoms with van der Waals surface area (Å²) < 4.78 is 5.38. The van der Waals surface area contributed by atoms with Gasteiger partial charge in [-0.2, -0.15) is 0 Å². The Morgan fingerprint density at radius 2 is 2.24 bits per heavy atom. The lowest BCUT2D eigenvalue weighted by molar-refractivity contribution is 0.0105. The molecule has 0 saturated carbocycles. The highest BCUT2D eigenvalue weighted by atomic mass is 16.6. The van der Waals surface area contributed by atoms with E-state index >= 15 is 0 Å². The molecule has 0 aromatic carbocycles. The molecule has 1 aliphatic rings. The van der Waals surface area contributed by atoms with Crippen LogP contribution in [0.1, 0.15) is 33.6 Å². The highest BCUT2D eigenvalue weighted by molar-refractivity contribution is 5.68. The fourth-order valence-corrected chi connectivity index (χ4v) is 1.91. The Labute approximate surface area is 103 Å². The number of piperazine rings is 1. The fraction of sp³-hybridized carbons (Fsp3) is 0.917. The van der Waals surface area contributed by atoms with Crippen LogP contribution >= 0.6 is 0 Å². The van der Waals surface area contributed by atoms with Crippen LogP contribution in [0.4, 0.5) is 4.79 Å². The second-order valence-electron chi connectivity index (χ2n) is 5.40. The summed E-state index contributed by atoms with van der Waals surface area (Å²) in [6.45, 7) is 8.03. The van der Waals surface area contributed by atoms with E-state index in [1.807, 2.05) is 20.8 Å². The van der Waals surface area contributed by atoms with Crippen molar-refractivity contribution in [3.63, 3.8) is 0 Å². The van der Waals surface area contributed by atoms with Gasteiger partial charge in [0.05, 0.1) is 0 Å². The van der Waals surface area contributed by atoms with Crippen LogP contribution in [0.3, 0.4) is 0 Å². The van der Waals surface area contributed by atoms with Crippen LogP contribution in [0.2, 0.25) is 0 Å². The molecule has 0 aromatic heterocycles. The smallest absolute Gasteiger partial charge is 0.410 e. The van der Waals surface area contributed by atoms with Crippen molar-refractivity contribution in [1.29, 1.82) is 0 Å². The predicted molar refractivity (Wildman–Crippen MR) is 65.9 cm³/mol. The maximum atomic E-state index is 12.0. The van der Waals surface area contributed by atoms with Crippen molar-refractivity contribution in [2.75, 3.05) is 26.2 Å². The van der Waals surface area contributed by atoms with Gasteiger partial charge in [-0.3, -0.25) is 0 Å². The zero-order valence-electron chi connectivity index (χ0n) is 11.0. The summed E-state index contributed by atoms with van der Waals surface area (Å²) in [6.07, 6.45) is 1.27. The van der Waals surface area contributed by atoms with Gasteiger partial charge in [-0.25, -0.2) is 4.79 Å². The second kappa shape index (κ2) is 6.21. The number of carbonyl (C=O) groups is 1. The van der Waals surface area contributed by atoms with Crippen molar-refractivity contribution in [2.45, 2.75) is 45.3 Å². The number of nitrogens with one attached hydrogen (secondary N) is 1. The summed E-state index contributed by atoms with van der Waals surface area (Å²) in [5, 5.41) is 12.1. The minimum atomic E-state index is -0.455. The molecule has 0 spiro atoms. The highest BCUT2D eigenvalue weighted by Crippen LogP contribution is 2.15. The van der Waals surface area contributed by atoms with Crippen LogP contribution in [0.25, 0.3) is 0 Å². The summed E-state index contributed by atoms with van der Waals surface area (Å²) in [4.78, 5) is 13.8. The molecule has 0 bridgehead atoms. The molecule has 1 amide bonds.